The first-order valence-corrected chi connectivity index (χ1v) is 3.63. The zero-order valence-electron chi connectivity index (χ0n) is 6.79. The Balaban J connectivity index is 3.09. The summed E-state index contributed by atoms with van der Waals surface area (Å²) in [4.78, 5) is 10.3. The Hall–Kier alpha value is -1.05. The number of rotatable bonds is 2. The number of carbonyl (C=O) groups is 1. The first kappa shape index (κ1) is 8.06. The van der Waals surface area contributed by atoms with Crippen molar-refractivity contribution in [1.82, 2.24) is 0 Å². The molecule has 1 aromatic rings. The highest BCUT2D eigenvalue weighted by molar-refractivity contribution is 6.52. The minimum atomic E-state index is 0.744. The highest BCUT2D eigenvalue weighted by Crippen LogP contribution is 1.98. The monoisotopic (exact) mass is 145 g/mol. The van der Waals surface area contributed by atoms with Crippen molar-refractivity contribution in [2.45, 2.75) is 13.7 Å². The summed E-state index contributed by atoms with van der Waals surface area (Å²) < 4.78 is 0. The Morgan fingerprint density at radius 3 is 2.64 bits per heavy atom. The van der Waals surface area contributed by atoms with Crippen molar-refractivity contribution in [3.05, 3.63) is 29.3 Å². The lowest BCUT2D eigenvalue weighted by molar-refractivity contribution is 0.112. The summed E-state index contributed by atoms with van der Waals surface area (Å²) in [6.45, 7) is 3.99. The van der Waals surface area contributed by atoms with E-state index in [4.69, 9.17) is 0 Å². The fraction of sp³-hybridized carbons (Fsp3) is 0.222. The second-order valence-electron chi connectivity index (χ2n) is 2.52. The summed E-state index contributed by atoms with van der Waals surface area (Å²) in [6.07, 6.45) is 0.867. The molecule has 0 saturated carbocycles. The third-order valence-corrected chi connectivity index (χ3v) is 1.74. The quantitative estimate of drug-likeness (QED) is 0.451. The summed E-state index contributed by atoms with van der Waals surface area (Å²) in [7, 11) is 2.03. The SMILES string of the molecule is C[B]c1ccc(C=O)cc1C. The van der Waals surface area contributed by atoms with E-state index in [1.807, 2.05) is 39.2 Å². The lowest BCUT2D eigenvalue weighted by atomic mass is 9.71. The molecule has 0 aliphatic heterocycles. The zero-order chi connectivity index (χ0) is 8.27. The summed E-state index contributed by atoms with van der Waals surface area (Å²) in [5.41, 5.74) is 3.08. The Kier molecular flexibility index (Phi) is 2.47. The average molecular weight is 145 g/mol. The molecule has 1 rings (SSSR count). The molecule has 1 radical (unpaired) electrons. The van der Waals surface area contributed by atoms with Gasteiger partial charge in [-0.2, -0.15) is 0 Å². The molecule has 0 saturated heterocycles. The molecule has 0 aromatic heterocycles. The van der Waals surface area contributed by atoms with Crippen LogP contribution in [0.15, 0.2) is 18.2 Å². The first-order chi connectivity index (χ1) is 5.27. The molecule has 0 bridgehead atoms. The standard InChI is InChI=1S/C9H10BO/c1-7-5-8(6-11)3-4-9(7)10-2/h3-6H,1-2H3. The van der Waals surface area contributed by atoms with Crippen molar-refractivity contribution in [2.75, 3.05) is 0 Å². The average Bonchev–Trinajstić information content (AvgIpc) is 2.04. The molecule has 0 aliphatic rings. The van der Waals surface area contributed by atoms with E-state index in [2.05, 4.69) is 0 Å². The highest BCUT2D eigenvalue weighted by Gasteiger charge is 1.96. The molecule has 0 spiro atoms. The van der Waals surface area contributed by atoms with Gasteiger partial charge in [0.2, 0.25) is 0 Å². The minimum Gasteiger partial charge on any atom is -0.298 e. The molecular formula is C9H10BO. The maximum Gasteiger partial charge on any atom is 0.150 e. The van der Waals surface area contributed by atoms with Crippen molar-refractivity contribution < 1.29 is 4.79 Å². The van der Waals surface area contributed by atoms with Crippen molar-refractivity contribution in [3.8, 4) is 0 Å². The summed E-state index contributed by atoms with van der Waals surface area (Å²) in [5.74, 6) is 0. The van der Waals surface area contributed by atoms with Gasteiger partial charge in [-0.25, -0.2) is 0 Å². The van der Waals surface area contributed by atoms with Crippen LogP contribution in [0.5, 0.6) is 0 Å². The normalized spacial score (nSPS) is 9.27. The molecule has 11 heavy (non-hydrogen) atoms. The predicted octanol–water partition coefficient (Wildman–Crippen LogP) is 1.19. The third kappa shape index (κ3) is 1.70. The van der Waals surface area contributed by atoms with Crippen LogP contribution in [-0.2, 0) is 0 Å². The van der Waals surface area contributed by atoms with Crippen LogP contribution in [0.2, 0.25) is 6.82 Å². The maximum absolute atomic E-state index is 10.3. The molecule has 0 N–H and O–H groups in total. The molecule has 0 aliphatic carbocycles. The van der Waals surface area contributed by atoms with E-state index >= 15 is 0 Å². The van der Waals surface area contributed by atoms with E-state index in [0.717, 1.165) is 17.4 Å². The second-order valence-corrected chi connectivity index (χ2v) is 2.52. The van der Waals surface area contributed by atoms with Gasteiger partial charge in [0.1, 0.15) is 13.6 Å². The molecule has 0 amide bonds. The molecule has 55 valence electrons. The van der Waals surface area contributed by atoms with E-state index in [-0.39, 0.29) is 0 Å². The molecule has 0 heterocycles. The van der Waals surface area contributed by atoms with E-state index in [1.165, 1.54) is 5.46 Å². The van der Waals surface area contributed by atoms with Crippen LogP contribution in [0.25, 0.3) is 0 Å². The van der Waals surface area contributed by atoms with Crippen molar-refractivity contribution in [1.29, 1.82) is 0 Å². The molecule has 1 nitrogen and oxygen atoms in total. The number of aryl methyl sites for hydroxylation is 1. The molecule has 0 unspecified atom stereocenters. The smallest absolute Gasteiger partial charge is 0.150 e. The van der Waals surface area contributed by atoms with Gasteiger partial charge in [-0.05, 0) is 13.0 Å². The van der Waals surface area contributed by atoms with Gasteiger partial charge in [-0.3, -0.25) is 4.79 Å². The van der Waals surface area contributed by atoms with Crippen molar-refractivity contribution in [2.24, 2.45) is 0 Å². The minimum absolute atomic E-state index is 0.744. The van der Waals surface area contributed by atoms with E-state index < -0.39 is 0 Å². The predicted molar refractivity (Wildman–Crippen MR) is 47.8 cm³/mol. The van der Waals surface area contributed by atoms with E-state index in [0.29, 0.717) is 0 Å². The van der Waals surface area contributed by atoms with Gasteiger partial charge in [0.15, 0.2) is 0 Å². The van der Waals surface area contributed by atoms with Crippen LogP contribution < -0.4 is 5.46 Å². The van der Waals surface area contributed by atoms with Crippen molar-refractivity contribution in [3.63, 3.8) is 0 Å². The van der Waals surface area contributed by atoms with E-state index in [9.17, 15) is 4.79 Å². The van der Waals surface area contributed by atoms with Gasteiger partial charge in [0.05, 0.1) is 0 Å². The summed E-state index contributed by atoms with van der Waals surface area (Å²) in [6, 6.07) is 5.68. The first-order valence-electron chi connectivity index (χ1n) is 3.63. The lowest BCUT2D eigenvalue weighted by Gasteiger charge is -2.01. The Labute approximate surface area is 67.7 Å². The number of aldehydes is 1. The fourth-order valence-electron chi connectivity index (χ4n) is 1.10. The summed E-state index contributed by atoms with van der Waals surface area (Å²) >= 11 is 0. The van der Waals surface area contributed by atoms with Crippen LogP contribution >= 0.6 is 0 Å². The Morgan fingerprint density at radius 1 is 1.45 bits per heavy atom. The number of hydrogen-bond acceptors (Lipinski definition) is 1. The lowest BCUT2D eigenvalue weighted by Crippen LogP contribution is -2.14. The van der Waals surface area contributed by atoms with Gasteiger partial charge in [0, 0.05) is 5.56 Å². The van der Waals surface area contributed by atoms with E-state index in [1.54, 1.807) is 0 Å². The fourth-order valence-corrected chi connectivity index (χ4v) is 1.10. The van der Waals surface area contributed by atoms with Gasteiger partial charge >= 0.3 is 0 Å². The van der Waals surface area contributed by atoms with Crippen LogP contribution in [0.1, 0.15) is 15.9 Å². The molecule has 0 fully saturated rings. The van der Waals surface area contributed by atoms with Crippen LogP contribution in [0, 0.1) is 6.92 Å². The largest absolute Gasteiger partial charge is 0.298 e. The molecule has 0 atom stereocenters. The number of benzene rings is 1. The maximum atomic E-state index is 10.3. The topological polar surface area (TPSA) is 17.1 Å². The van der Waals surface area contributed by atoms with Crippen LogP contribution in [0.4, 0.5) is 0 Å². The van der Waals surface area contributed by atoms with Crippen molar-refractivity contribution >= 4 is 19.0 Å². The molecular weight excluding hydrogens is 135 g/mol. The highest BCUT2D eigenvalue weighted by atomic mass is 16.1. The Morgan fingerprint density at radius 2 is 2.18 bits per heavy atom. The van der Waals surface area contributed by atoms with Gasteiger partial charge in [0.25, 0.3) is 0 Å². The summed E-state index contributed by atoms with van der Waals surface area (Å²) in [5, 5.41) is 0. The van der Waals surface area contributed by atoms with Gasteiger partial charge in [-0.15, -0.1) is 0 Å². The molecule has 2 heteroatoms. The third-order valence-electron chi connectivity index (χ3n) is 1.74. The number of carbonyl (C=O) groups excluding carboxylic acids is 1. The number of hydrogen-bond donors (Lipinski definition) is 0. The van der Waals surface area contributed by atoms with Gasteiger partial charge in [-0.1, -0.05) is 30.0 Å². The van der Waals surface area contributed by atoms with Crippen LogP contribution in [0.3, 0.4) is 0 Å². The Bertz CT molecular complexity index is 268. The second kappa shape index (κ2) is 3.38. The van der Waals surface area contributed by atoms with Gasteiger partial charge < -0.3 is 0 Å². The zero-order valence-corrected chi connectivity index (χ0v) is 6.79. The van der Waals surface area contributed by atoms with Crippen LogP contribution in [-0.4, -0.2) is 13.6 Å². The molecule has 1 aromatic carbocycles.